The highest BCUT2D eigenvalue weighted by molar-refractivity contribution is 6.11. The van der Waals surface area contributed by atoms with E-state index in [0.717, 1.165) is 39.6 Å². The van der Waals surface area contributed by atoms with E-state index in [-0.39, 0.29) is 12.0 Å². The molecule has 242 valence electrons. The van der Waals surface area contributed by atoms with Gasteiger partial charge in [0.25, 0.3) is 0 Å². The summed E-state index contributed by atoms with van der Waals surface area (Å²) in [4.78, 5) is 10.7. The van der Waals surface area contributed by atoms with Crippen molar-refractivity contribution >= 4 is 54.9 Å². The molecule has 0 aliphatic heterocycles. The molecule has 10 rings (SSSR count). The second kappa shape index (κ2) is 11.8. The Morgan fingerprint density at radius 2 is 0.882 bits per heavy atom. The number of hydrogen-bond donors (Lipinski definition) is 0. The smallest absolute Gasteiger partial charge is 0.156 e. The van der Waals surface area contributed by atoms with Crippen LogP contribution in [0.2, 0.25) is 0 Å². The van der Waals surface area contributed by atoms with E-state index in [2.05, 4.69) is 192 Å². The van der Waals surface area contributed by atoms with Crippen LogP contribution in [0.25, 0.3) is 77.4 Å². The van der Waals surface area contributed by atoms with E-state index in [1.165, 1.54) is 43.6 Å². The maximum Gasteiger partial charge on any atom is 0.156 e. The van der Waals surface area contributed by atoms with Crippen molar-refractivity contribution in [3.63, 3.8) is 0 Å². The Morgan fingerprint density at radius 1 is 0.471 bits per heavy atom. The zero-order valence-electron chi connectivity index (χ0n) is 28.2. The molecule has 0 radical (unpaired) electrons. The van der Waals surface area contributed by atoms with Gasteiger partial charge < -0.3 is 9.13 Å². The summed E-state index contributed by atoms with van der Waals surface area (Å²) in [7, 11) is 0. The summed E-state index contributed by atoms with van der Waals surface area (Å²) in [5.74, 6) is 0.801. The van der Waals surface area contributed by atoms with Gasteiger partial charge in [0.15, 0.2) is 5.82 Å². The van der Waals surface area contributed by atoms with E-state index >= 15 is 0 Å². The summed E-state index contributed by atoms with van der Waals surface area (Å²) >= 11 is 0. The fraction of sp³-hybridized carbons (Fsp3) is 0.0638. The molecule has 2 atom stereocenters. The average molecular weight is 655 g/mol. The lowest BCUT2D eigenvalue weighted by molar-refractivity contribution is 0.520. The Balaban J connectivity index is 1.27. The molecule has 51 heavy (non-hydrogen) atoms. The van der Waals surface area contributed by atoms with Crippen LogP contribution in [0.3, 0.4) is 0 Å². The summed E-state index contributed by atoms with van der Waals surface area (Å²) in [6.07, 6.45) is 4.80. The molecule has 0 saturated carbocycles. The molecule has 0 fully saturated rings. The first kappa shape index (κ1) is 29.4. The fourth-order valence-corrected chi connectivity index (χ4v) is 8.11. The third kappa shape index (κ3) is 4.75. The number of fused-ring (bicyclic) bond motifs is 6. The molecule has 4 heteroatoms. The highest BCUT2D eigenvalue weighted by Gasteiger charge is 2.32. The first-order chi connectivity index (χ1) is 25.2. The minimum atomic E-state index is -0.0196. The average Bonchev–Trinajstić information content (AvgIpc) is 3.72. The molecule has 3 heterocycles. The first-order valence-electron chi connectivity index (χ1n) is 17.6. The number of nitrogens with zero attached hydrogens (tertiary/aromatic N) is 4. The van der Waals surface area contributed by atoms with Crippen LogP contribution in [-0.2, 0) is 0 Å². The standard InChI is InChI=1S/C47H34N4/c1-31-39(47-48-40(32-16-4-2-5-17-32)30-41(49-47)33-18-6-3-7-19-33)28-34(50-42-24-12-8-20-35(42)36-21-9-13-25-43(36)50)29-46(31)51-44-26-14-10-22-37(44)38-23-11-15-27-45(38)51/h2-31,46H,1H3. The van der Waals surface area contributed by atoms with Crippen molar-refractivity contribution in [1.29, 1.82) is 0 Å². The number of para-hydroxylation sites is 4. The third-order valence-corrected chi connectivity index (χ3v) is 10.5. The van der Waals surface area contributed by atoms with Crippen molar-refractivity contribution in [2.75, 3.05) is 0 Å². The quantitative estimate of drug-likeness (QED) is 0.185. The van der Waals surface area contributed by atoms with Gasteiger partial charge in [-0.05, 0) is 42.5 Å². The van der Waals surface area contributed by atoms with E-state index in [0.29, 0.717) is 0 Å². The Morgan fingerprint density at radius 3 is 1.37 bits per heavy atom. The summed E-state index contributed by atoms with van der Waals surface area (Å²) in [6.45, 7) is 2.33. The molecule has 6 aromatic carbocycles. The summed E-state index contributed by atoms with van der Waals surface area (Å²) in [5, 5.41) is 5.00. The van der Waals surface area contributed by atoms with E-state index in [1.54, 1.807) is 0 Å². The van der Waals surface area contributed by atoms with Crippen LogP contribution in [0.4, 0.5) is 0 Å². The van der Waals surface area contributed by atoms with E-state index in [4.69, 9.17) is 9.97 Å². The fourth-order valence-electron chi connectivity index (χ4n) is 8.11. The molecule has 0 saturated heterocycles. The zero-order valence-corrected chi connectivity index (χ0v) is 28.2. The van der Waals surface area contributed by atoms with E-state index in [9.17, 15) is 0 Å². The number of benzene rings is 6. The van der Waals surface area contributed by atoms with Gasteiger partial charge >= 0.3 is 0 Å². The molecule has 1 aliphatic carbocycles. The lowest BCUT2D eigenvalue weighted by Crippen LogP contribution is -2.22. The van der Waals surface area contributed by atoms with Crippen LogP contribution in [-0.4, -0.2) is 19.1 Å². The van der Waals surface area contributed by atoms with Crippen molar-refractivity contribution in [2.24, 2.45) is 5.92 Å². The van der Waals surface area contributed by atoms with Crippen LogP contribution in [0.5, 0.6) is 0 Å². The molecule has 4 nitrogen and oxygen atoms in total. The lowest BCUT2D eigenvalue weighted by atomic mass is 9.86. The molecular formula is C47H34N4. The molecular weight excluding hydrogens is 621 g/mol. The van der Waals surface area contributed by atoms with Crippen molar-refractivity contribution < 1.29 is 0 Å². The van der Waals surface area contributed by atoms with Gasteiger partial charge in [-0.3, -0.25) is 0 Å². The van der Waals surface area contributed by atoms with Crippen molar-refractivity contribution in [3.8, 4) is 22.5 Å². The molecule has 1 aliphatic rings. The molecule has 9 aromatic rings. The molecule has 2 unspecified atom stereocenters. The zero-order chi connectivity index (χ0) is 33.9. The van der Waals surface area contributed by atoms with Crippen LogP contribution in [0.15, 0.2) is 176 Å². The van der Waals surface area contributed by atoms with Crippen LogP contribution in [0.1, 0.15) is 18.8 Å². The Labute approximate surface area is 296 Å². The number of rotatable bonds is 5. The largest absolute Gasteiger partial charge is 0.333 e. The lowest BCUT2D eigenvalue weighted by Gasteiger charge is -2.31. The van der Waals surface area contributed by atoms with Crippen LogP contribution < -0.4 is 0 Å². The molecule has 0 amide bonds. The van der Waals surface area contributed by atoms with E-state index < -0.39 is 0 Å². The summed E-state index contributed by atoms with van der Waals surface area (Å²) < 4.78 is 4.96. The maximum absolute atomic E-state index is 5.36. The normalized spacial score (nSPS) is 16.2. The minimum absolute atomic E-state index is 0.0196. The number of hydrogen-bond acceptors (Lipinski definition) is 2. The van der Waals surface area contributed by atoms with Gasteiger partial charge in [-0.1, -0.05) is 140 Å². The van der Waals surface area contributed by atoms with Gasteiger partial charge in [-0.25, -0.2) is 9.97 Å². The van der Waals surface area contributed by atoms with Crippen molar-refractivity contribution in [1.82, 2.24) is 19.1 Å². The second-order valence-corrected chi connectivity index (χ2v) is 13.4. The Hall–Kier alpha value is -6.52. The van der Waals surface area contributed by atoms with E-state index in [1.807, 2.05) is 0 Å². The monoisotopic (exact) mass is 654 g/mol. The van der Waals surface area contributed by atoms with Gasteiger partial charge in [0.1, 0.15) is 0 Å². The van der Waals surface area contributed by atoms with Crippen LogP contribution in [0, 0.1) is 5.92 Å². The number of aromatic nitrogens is 4. The predicted octanol–water partition coefficient (Wildman–Crippen LogP) is 11.8. The molecule has 0 spiro atoms. The molecule has 3 aromatic heterocycles. The number of allylic oxidation sites excluding steroid dienone is 4. The Bertz CT molecular complexity index is 2660. The minimum Gasteiger partial charge on any atom is -0.333 e. The summed E-state index contributed by atoms with van der Waals surface area (Å²) in [6, 6.07) is 58.1. The molecule has 0 N–H and O–H groups in total. The maximum atomic E-state index is 5.36. The van der Waals surface area contributed by atoms with Gasteiger partial charge in [0.05, 0.1) is 28.5 Å². The predicted molar refractivity (Wildman–Crippen MR) is 212 cm³/mol. The first-order valence-corrected chi connectivity index (χ1v) is 17.6. The summed E-state index contributed by atoms with van der Waals surface area (Å²) in [5.41, 5.74) is 11.0. The van der Waals surface area contributed by atoms with Gasteiger partial charge in [-0.15, -0.1) is 0 Å². The second-order valence-electron chi connectivity index (χ2n) is 13.4. The highest BCUT2D eigenvalue weighted by atomic mass is 15.1. The van der Waals surface area contributed by atoms with Crippen LogP contribution >= 0.6 is 0 Å². The van der Waals surface area contributed by atoms with Gasteiger partial charge in [0.2, 0.25) is 0 Å². The topological polar surface area (TPSA) is 35.6 Å². The van der Waals surface area contributed by atoms with Crippen molar-refractivity contribution in [2.45, 2.75) is 13.0 Å². The van der Waals surface area contributed by atoms with Crippen molar-refractivity contribution in [3.05, 3.63) is 182 Å². The Kier molecular flexibility index (Phi) is 6.81. The third-order valence-electron chi connectivity index (χ3n) is 10.5. The molecule has 0 bridgehead atoms. The van der Waals surface area contributed by atoms with Gasteiger partial charge in [-0.2, -0.15) is 0 Å². The highest BCUT2D eigenvalue weighted by Crippen LogP contribution is 2.45. The SMILES string of the molecule is CC1C(c2nc(-c3ccccc3)cc(-c3ccccc3)n2)=CC(n2c3ccccc3c3ccccc32)=CC1n1c2ccccc2c2ccccc21. The van der Waals surface area contributed by atoms with Gasteiger partial charge in [0, 0.05) is 60.9 Å².